The Morgan fingerprint density at radius 3 is 2.52 bits per heavy atom. The molecule has 4 heteroatoms. The van der Waals surface area contributed by atoms with Crippen LogP contribution >= 0.6 is 0 Å². The Morgan fingerprint density at radius 2 is 1.86 bits per heavy atom. The van der Waals surface area contributed by atoms with E-state index in [1.165, 1.54) is 5.56 Å². The lowest BCUT2D eigenvalue weighted by Gasteiger charge is -2.33. The number of aryl methyl sites for hydroxylation is 1. The fourth-order valence-corrected chi connectivity index (χ4v) is 3.34. The molecule has 0 saturated heterocycles. The first kappa shape index (κ1) is 16.3. The Labute approximate surface area is 124 Å². The lowest BCUT2D eigenvalue weighted by molar-refractivity contribution is -0.186. The molecule has 0 bridgehead atoms. The predicted octanol–water partition coefficient (Wildman–Crippen LogP) is 4.71. The topological polar surface area (TPSA) is 26.0 Å². The summed E-state index contributed by atoms with van der Waals surface area (Å²) in [5, 5.41) is 0. The van der Waals surface area contributed by atoms with Crippen LogP contribution in [0.2, 0.25) is 0 Å². The monoisotopic (exact) mass is 299 g/mol. The molecular formula is C17H24F3N. The summed E-state index contributed by atoms with van der Waals surface area (Å²) in [5.41, 5.74) is 7.42. The van der Waals surface area contributed by atoms with Crippen LogP contribution in [0, 0.1) is 11.8 Å². The summed E-state index contributed by atoms with van der Waals surface area (Å²) >= 11 is 0. The fraction of sp³-hybridized carbons (Fsp3) is 0.647. The van der Waals surface area contributed by atoms with Gasteiger partial charge < -0.3 is 5.73 Å². The van der Waals surface area contributed by atoms with E-state index in [4.69, 9.17) is 5.73 Å². The molecule has 0 radical (unpaired) electrons. The average molecular weight is 299 g/mol. The van der Waals surface area contributed by atoms with Gasteiger partial charge in [-0.25, -0.2) is 0 Å². The summed E-state index contributed by atoms with van der Waals surface area (Å²) < 4.78 is 38.4. The maximum atomic E-state index is 12.8. The molecule has 1 aliphatic rings. The summed E-state index contributed by atoms with van der Waals surface area (Å²) in [5.74, 6) is -1.11. The van der Waals surface area contributed by atoms with Gasteiger partial charge in [-0.2, -0.15) is 13.2 Å². The third kappa shape index (κ3) is 5.03. The van der Waals surface area contributed by atoms with Crippen LogP contribution in [0.3, 0.4) is 0 Å². The third-order valence-corrected chi connectivity index (χ3v) is 4.63. The number of benzene rings is 1. The normalized spacial score (nSPS) is 24.8. The molecule has 0 spiro atoms. The number of alkyl halides is 3. The molecule has 21 heavy (non-hydrogen) atoms. The van der Waals surface area contributed by atoms with Gasteiger partial charge in [-0.15, -0.1) is 0 Å². The molecule has 2 N–H and O–H groups in total. The smallest absolute Gasteiger partial charge is 0.327 e. The van der Waals surface area contributed by atoms with Gasteiger partial charge in [0.25, 0.3) is 0 Å². The zero-order chi connectivity index (χ0) is 15.3. The van der Waals surface area contributed by atoms with Crippen molar-refractivity contribution in [2.24, 2.45) is 17.6 Å². The molecule has 118 valence electrons. The molecule has 1 aliphatic carbocycles. The third-order valence-electron chi connectivity index (χ3n) is 4.63. The molecule has 3 unspecified atom stereocenters. The van der Waals surface area contributed by atoms with Gasteiger partial charge in [0.05, 0.1) is 5.92 Å². The highest BCUT2D eigenvalue weighted by molar-refractivity contribution is 5.14. The van der Waals surface area contributed by atoms with Crippen molar-refractivity contribution in [1.82, 2.24) is 0 Å². The highest BCUT2D eigenvalue weighted by Gasteiger charge is 2.42. The molecule has 0 aliphatic heterocycles. The van der Waals surface area contributed by atoms with E-state index in [0.29, 0.717) is 6.42 Å². The Balaban J connectivity index is 1.76. The molecular weight excluding hydrogens is 275 g/mol. The first-order valence-corrected chi connectivity index (χ1v) is 7.83. The van der Waals surface area contributed by atoms with Gasteiger partial charge in [0.1, 0.15) is 0 Å². The van der Waals surface area contributed by atoms with E-state index < -0.39 is 12.1 Å². The molecule has 1 aromatic rings. The lowest BCUT2D eigenvalue weighted by Crippen LogP contribution is -2.37. The zero-order valence-corrected chi connectivity index (χ0v) is 12.3. The summed E-state index contributed by atoms with van der Waals surface area (Å²) in [6, 6.07) is 10.0. The first-order chi connectivity index (χ1) is 9.97. The Morgan fingerprint density at radius 1 is 1.14 bits per heavy atom. The van der Waals surface area contributed by atoms with E-state index in [0.717, 1.165) is 25.7 Å². The molecule has 1 saturated carbocycles. The van der Waals surface area contributed by atoms with Crippen molar-refractivity contribution in [1.29, 1.82) is 0 Å². The van der Waals surface area contributed by atoms with Gasteiger partial charge in [-0.3, -0.25) is 0 Å². The molecule has 3 atom stereocenters. The van der Waals surface area contributed by atoms with Crippen molar-refractivity contribution >= 4 is 0 Å². The van der Waals surface area contributed by atoms with Gasteiger partial charge in [0.2, 0.25) is 0 Å². The number of hydrogen-bond acceptors (Lipinski definition) is 1. The molecule has 0 aromatic heterocycles. The average Bonchev–Trinajstić information content (AvgIpc) is 2.47. The van der Waals surface area contributed by atoms with E-state index in [9.17, 15) is 13.2 Å². The standard InChI is InChI=1S/C17H24F3N/c18-17(19,20)15-10-5-9-14(12-15)16(21)11-4-8-13-6-2-1-3-7-13/h1-3,6-7,14-16H,4-5,8-12,21H2. The van der Waals surface area contributed by atoms with Crippen molar-refractivity contribution < 1.29 is 13.2 Å². The van der Waals surface area contributed by atoms with Crippen LogP contribution < -0.4 is 5.73 Å². The van der Waals surface area contributed by atoms with E-state index in [2.05, 4.69) is 12.1 Å². The minimum absolute atomic E-state index is 0.0288. The van der Waals surface area contributed by atoms with Crippen molar-refractivity contribution in [2.45, 2.75) is 57.2 Å². The van der Waals surface area contributed by atoms with Crippen LogP contribution in [-0.2, 0) is 6.42 Å². The maximum Gasteiger partial charge on any atom is 0.391 e. The zero-order valence-electron chi connectivity index (χ0n) is 12.3. The maximum absolute atomic E-state index is 12.8. The van der Waals surface area contributed by atoms with Crippen molar-refractivity contribution in [3.63, 3.8) is 0 Å². The second-order valence-corrected chi connectivity index (χ2v) is 6.21. The Hall–Kier alpha value is -1.03. The van der Waals surface area contributed by atoms with Crippen LogP contribution in [0.1, 0.15) is 44.1 Å². The van der Waals surface area contributed by atoms with Crippen molar-refractivity contribution in [3.8, 4) is 0 Å². The first-order valence-electron chi connectivity index (χ1n) is 7.83. The molecule has 1 fully saturated rings. The van der Waals surface area contributed by atoms with Crippen molar-refractivity contribution in [2.75, 3.05) is 0 Å². The molecule has 1 aromatic carbocycles. The largest absolute Gasteiger partial charge is 0.391 e. The second kappa shape index (κ2) is 7.30. The Bertz CT molecular complexity index is 416. The second-order valence-electron chi connectivity index (χ2n) is 6.21. The van der Waals surface area contributed by atoms with Crippen LogP contribution in [0.15, 0.2) is 30.3 Å². The van der Waals surface area contributed by atoms with E-state index in [1.807, 2.05) is 18.2 Å². The molecule has 0 heterocycles. The lowest BCUT2D eigenvalue weighted by atomic mass is 9.76. The van der Waals surface area contributed by atoms with E-state index in [1.54, 1.807) is 0 Å². The number of hydrogen-bond donors (Lipinski definition) is 1. The van der Waals surface area contributed by atoms with Gasteiger partial charge in [-0.1, -0.05) is 36.8 Å². The van der Waals surface area contributed by atoms with Crippen molar-refractivity contribution in [3.05, 3.63) is 35.9 Å². The predicted molar refractivity (Wildman–Crippen MR) is 78.9 cm³/mol. The highest BCUT2D eigenvalue weighted by atomic mass is 19.4. The molecule has 0 amide bonds. The number of halogens is 3. The number of rotatable bonds is 5. The minimum atomic E-state index is -4.05. The van der Waals surface area contributed by atoms with Gasteiger partial charge in [0, 0.05) is 6.04 Å². The summed E-state index contributed by atoms with van der Waals surface area (Å²) in [7, 11) is 0. The summed E-state index contributed by atoms with van der Waals surface area (Å²) in [4.78, 5) is 0. The number of nitrogens with two attached hydrogens (primary N) is 1. The quantitative estimate of drug-likeness (QED) is 0.837. The van der Waals surface area contributed by atoms with Crippen LogP contribution in [0.5, 0.6) is 0 Å². The molecule has 2 rings (SSSR count). The highest BCUT2D eigenvalue weighted by Crippen LogP contribution is 2.41. The van der Waals surface area contributed by atoms with Gasteiger partial charge in [-0.05, 0) is 50.0 Å². The van der Waals surface area contributed by atoms with Crippen LogP contribution in [-0.4, -0.2) is 12.2 Å². The summed E-state index contributed by atoms with van der Waals surface area (Å²) in [6.45, 7) is 0. The van der Waals surface area contributed by atoms with E-state index in [-0.39, 0.29) is 24.8 Å². The van der Waals surface area contributed by atoms with E-state index >= 15 is 0 Å². The SMILES string of the molecule is NC(CCCc1ccccc1)C1CCCC(C(F)(F)F)C1. The van der Waals surface area contributed by atoms with Gasteiger partial charge in [0.15, 0.2) is 0 Å². The summed E-state index contributed by atoms with van der Waals surface area (Å²) in [6.07, 6.45) is 0.641. The van der Waals surface area contributed by atoms with Gasteiger partial charge >= 0.3 is 6.18 Å². The minimum Gasteiger partial charge on any atom is -0.327 e. The molecule has 1 nitrogen and oxygen atoms in total. The van der Waals surface area contributed by atoms with Crippen LogP contribution in [0.25, 0.3) is 0 Å². The fourth-order valence-electron chi connectivity index (χ4n) is 3.34. The Kier molecular flexibility index (Phi) is 5.68. The van der Waals surface area contributed by atoms with Crippen LogP contribution in [0.4, 0.5) is 13.2 Å².